The molecule has 1 amide bonds. The van der Waals surface area contributed by atoms with Crippen LogP contribution in [0.15, 0.2) is 75.0 Å². The number of ether oxygens (including phenoxy) is 1. The van der Waals surface area contributed by atoms with Crippen molar-refractivity contribution in [2.75, 3.05) is 7.11 Å². The largest absolute Gasteiger partial charge is 0.497 e. The smallest absolute Gasteiger partial charge is 0.264 e. The van der Waals surface area contributed by atoms with Crippen LogP contribution in [0.2, 0.25) is 5.02 Å². The summed E-state index contributed by atoms with van der Waals surface area (Å²) in [6, 6.07) is 18.4. The van der Waals surface area contributed by atoms with Crippen LogP contribution in [0.1, 0.15) is 5.76 Å². The first kappa shape index (κ1) is 18.4. The molecule has 0 saturated carbocycles. The van der Waals surface area contributed by atoms with E-state index in [9.17, 15) is 4.79 Å². The minimum absolute atomic E-state index is 0.210. The van der Waals surface area contributed by atoms with Crippen LogP contribution in [0, 0.1) is 0 Å². The van der Waals surface area contributed by atoms with E-state index in [1.807, 2.05) is 54.6 Å². The van der Waals surface area contributed by atoms with Gasteiger partial charge in [0.15, 0.2) is 5.17 Å². The zero-order valence-corrected chi connectivity index (χ0v) is 16.4. The number of benzene rings is 2. The van der Waals surface area contributed by atoms with E-state index in [-0.39, 0.29) is 5.91 Å². The fraction of sp³-hybridized carbons (Fsp3) is 0.0476. The lowest BCUT2D eigenvalue weighted by atomic mass is 10.2. The minimum atomic E-state index is -0.210. The van der Waals surface area contributed by atoms with Gasteiger partial charge in [0.25, 0.3) is 5.91 Å². The molecule has 4 rings (SSSR count). The van der Waals surface area contributed by atoms with Gasteiger partial charge in [-0.05, 0) is 60.3 Å². The van der Waals surface area contributed by atoms with Crippen LogP contribution in [-0.4, -0.2) is 18.2 Å². The second-order valence-electron chi connectivity index (χ2n) is 5.89. The third kappa shape index (κ3) is 4.13. The second-order valence-corrected chi connectivity index (χ2v) is 7.36. The van der Waals surface area contributed by atoms with Crippen molar-refractivity contribution >= 4 is 46.2 Å². The lowest BCUT2D eigenvalue weighted by Crippen LogP contribution is -2.19. The molecule has 0 bridgehead atoms. The number of thioether (sulfide) groups is 1. The fourth-order valence-electron chi connectivity index (χ4n) is 2.61. The molecular weight excluding hydrogens is 396 g/mol. The molecule has 1 saturated heterocycles. The highest BCUT2D eigenvalue weighted by Crippen LogP contribution is 2.31. The van der Waals surface area contributed by atoms with E-state index in [0.717, 1.165) is 17.0 Å². The lowest BCUT2D eigenvalue weighted by Gasteiger charge is -1.99. The molecule has 140 valence electrons. The predicted octanol–water partition coefficient (Wildman–Crippen LogP) is 5.50. The Morgan fingerprint density at radius 2 is 1.96 bits per heavy atom. The Labute approximate surface area is 171 Å². The molecule has 3 aromatic rings. The number of furan rings is 1. The van der Waals surface area contributed by atoms with Gasteiger partial charge in [-0.1, -0.05) is 23.7 Å². The van der Waals surface area contributed by atoms with Crippen molar-refractivity contribution in [1.29, 1.82) is 0 Å². The van der Waals surface area contributed by atoms with Gasteiger partial charge in [-0.2, -0.15) is 0 Å². The van der Waals surface area contributed by atoms with Gasteiger partial charge in [-0.15, -0.1) is 0 Å². The highest BCUT2D eigenvalue weighted by molar-refractivity contribution is 8.18. The maximum atomic E-state index is 12.2. The number of hydrogen-bond donors (Lipinski definition) is 1. The monoisotopic (exact) mass is 410 g/mol. The summed E-state index contributed by atoms with van der Waals surface area (Å²) in [5.41, 5.74) is 1.61. The van der Waals surface area contributed by atoms with E-state index in [0.29, 0.717) is 26.6 Å². The molecule has 0 radical (unpaired) electrons. The van der Waals surface area contributed by atoms with Crippen LogP contribution in [0.3, 0.4) is 0 Å². The Morgan fingerprint density at radius 3 is 2.71 bits per heavy atom. The molecule has 0 atom stereocenters. The van der Waals surface area contributed by atoms with Gasteiger partial charge in [0, 0.05) is 16.7 Å². The summed E-state index contributed by atoms with van der Waals surface area (Å²) >= 11 is 7.29. The molecular formula is C21H15ClN2O3S. The Bertz CT molecular complexity index is 1090. The molecule has 1 aromatic heterocycles. The zero-order chi connectivity index (χ0) is 19.5. The number of halogens is 1. The molecule has 1 aliphatic heterocycles. The average Bonchev–Trinajstić information content (AvgIpc) is 3.29. The third-order valence-corrected chi connectivity index (χ3v) is 5.11. The lowest BCUT2D eigenvalue weighted by molar-refractivity contribution is -0.115. The van der Waals surface area contributed by atoms with Gasteiger partial charge >= 0.3 is 0 Å². The van der Waals surface area contributed by atoms with Crippen molar-refractivity contribution in [2.45, 2.75) is 0 Å². The summed E-state index contributed by atoms with van der Waals surface area (Å²) < 4.78 is 11.0. The van der Waals surface area contributed by atoms with E-state index >= 15 is 0 Å². The molecule has 7 heteroatoms. The van der Waals surface area contributed by atoms with E-state index in [2.05, 4.69) is 10.3 Å². The maximum absolute atomic E-state index is 12.2. The number of rotatable bonds is 4. The summed E-state index contributed by atoms with van der Waals surface area (Å²) in [5, 5.41) is 3.92. The number of hydrogen-bond acceptors (Lipinski definition) is 5. The van der Waals surface area contributed by atoms with Crippen LogP contribution in [-0.2, 0) is 4.79 Å². The van der Waals surface area contributed by atoms with E-state index in [4.69, 9.17) is 20.8 Å². The van der Waals surface area contributed by atoms with Crippen LogP contribution in [0.4, 0.5) is 5.69 Å². The second kappa shape index (κ2) is 7.96. The molecule has 28 heavy (non-hydrogen) atoms. The summed E-state index contributed by atoms with van der Waals surface area (Å²) in [4.78, 5) is 17.2. The van der Waals surface area contributed by atoms with Crippen LogP contribution < -0.4 is 10.1 Å². The maximum Gasteiger partial charge on any atom is 0.264 e. The summed E-state index contributed by atoms with van der Waals surface area (Å²) in [5.74, 6) is 1.81. The van der Waals surface area contributed by atoms with Crippen molar-refractivity contribution in [1.82, 2.24) is 5.32 Å². The van der Waals surface area contributed by atoms with Gasteiger partial charge in [-0.25, -0.2) is 4.99 Å². The fourth-order valence-corrected chi connectivity index (χ4v) is 3.62. The number of carbonyl (C=O) groups is 1. The Morgan fingerprint density at radius 1 is 1.14 bits per heavy atom. The Hall–Kier alpha value is -2.96. The summed E-state index contributed by atoms with van der Waals surface area (Å²) in [6.07, 6.45) is 1.70. The van der Waals surface area contributed by atoms with Crippen LogP contribution in [0.25, 0.3) is 17.4 Å². The minimum Gasteiger partial charge on any atom is -0.497 e. The normalized spacial score (nSPS) is 16.6. The van der Waals surface area contributed by atoms with Crippen molar-refractivity contribution < 1.29 is 13.9 Å². The average molecular weight is 411 g/mol. The molecule has 5 nitrogen and oxygen atoms in total. The first-order valence-corrected chi connectivity index (χ1v) is 9.59. The third-order valence-electron chi connectivity index (χ3n) is 3.96. The summed E-state index contributed by atoms with van der Waals surface area (Å²) in [6.45, 7) is 0. The van der Waals surface area contributed by atoms with Gasteiger partial charge in [-0.3, -0.25) is 4.79 Å². The van der Waals surface area contributed by atoms with E-state index in [1.54, 1.807) is 19.3 Å². The zero-order valence-electron chi connectivity index (χ0n) is 14.8. The molecule has 1 aliphatic rings. The van der Waals surface area contributed by atoms with Crippen LogP contribution >= 0.6 is 23.4 Å². The van der Waals surface area contributed by atoms with Gasteiger partial charge in [0.2, 0.25) is 0 Å². The molecule has 2 aromatic carbocycles. The Balaban J connectivity index is 1.52. The highest BCUT2D eigenvalue weighted by atomic mass is 35.5. The van der Waals surface area contributed by atoms with Crippen molar-refractivity contribution in [3.63, 3.8) is 0 Å². The molecule has 0 aliphatic carbocycles. The summed E-state index contributed by atoms with van der Waals surface area (Å²) in [7, 11) is 1.61. The number of amidine groups is 1. The van der Waals surface area contributed by atoms with Crippen molar-refractivity contribution in [3.8, 4) is 17.1 Å². The molecule has 2 heterocycles. The quantitative estimate of drug-likeness (QED) is 0.577. The molecule has 1 fully saturated rings. The SMILES string of the molecule is COc1ccc(N=C2NC(=O)/C(=C\c3ccc(-c4cccc(Cl)c4)o3)S2)cc1. The van der Waals surface area contributed by atoms with E-state index < -0.39 is 0 Å². The number of nitrogens with one attached hydrogen (secondary N) is 1. The van der Waals surface area contributed by atoms with Gasteiger partial charge < -0.3 is 14.5 Å². The van der Waals surface area contributed by atoms with Gasteiger partial charge in [0.05, 0.1) is 17.7 Å². The standard InChI is InChI=1S/C21H15ClN2O3S/c1-26-16-7-5-15(6-8-16)23-21-24-20(25)19(28-21)12-17-9-10-18(27-17)13-3-2-4-14(22)11-13/h2-12H,1H3,(H,23,24,25)/b19-12+. The first-order chi connectivity index (χ1) is 13.6. The number of amides is 1. The number of methoxy groups -OCH3 is 1. The molecule has 1 N–H and O–H groups in total. The van der Waals surface area contributed by atoms with Crippen molar-refractivity contribution in [3.05, 3.63) is 76.4 Å². The first-order valence-electron chi connectivity index (χ1n) is 8.40. The van der Waals surface area contributed by atoms with Crippen LogP contribution in [0.5, 0.6) is 5.75 Å². The van der Waals surface area contributed by atoms with E-state index in [1.165, 1.54) is 11.8 Å². The van der Waals surface area contributed by atoms with Gasteiger partial charge in [0.1, 0.15) is 17.3 Å². The topological polar surface area (TPSA) is 63.8 Å². The Kier molecular flexibility index (Phi) is 5.23. The number of nitrogens with zero attached hydrogens (tertiary/aromatic N) is 1. The molecule has 0 spiro atoms. The highest BCUT2D eigenvalue weighted by Gasteiger charge is 2.24. The number of carbonyl (C=O) groups excluding carboxylic acids is 1. The molecule has 0 unspecified atom stereocenters. The predicted molar refractivity (Wildman–Crippen MR) is 113 cm³/mol. The number of aliphatic imine (C=N–C) groups is 1. The van der Waals surface area contributed by atoms with Crippen molar-refractivity contribution in [2.24, 2.45) is 4.99 Å².